The van der Waals surface area contributed by atoms with Crippen molar-refractivity contribution in [2.75, 3.05) is 0 Å². The van der Waals surface area contributed by atoms with E-state index in [2.05, 4.69) is 123 Å². The second-order valence-electron chi connectivity index (χ2n) is 11.6. The van der Waals surface area contributed by atoms with Crippen molar-refractivity contribution < 1.29 is 46.5 Å². The monoisotopic (exact) mass is 525 g/mol. The SMILES string of the molecule is CC(C)(C)c1ccc2c(c1)[cH-]c1cc(C(C)(C)C)ccc12.C[SiH](C)[N-]C(C)(C)C.[Cl-].[Cl-].[Ti+4]. The van der Waals surface area contributed by atoms with Crippen LogP contribution in [0.1, 0.15) is 73.4 Å². The average molecular weight is 526 g/mol. The summed E-state index contributed by atoms with van der Waals surface area (Å²) in [6.45, 7) is 24.6. The minimum atomic E-state index is -0.671. The first kappa shape index (κ1) is 34.0. The molecule has 0 aliphatic heterocycles. The van der Waals surface area contributed by atoms with E-state index in [1.165, 1.54) is 32.7 Å². The smallest absolute Gasteiger partial charge is 1.00 e. The topological polar surface area (TPSA) is 14.1 Å². The summed E-state index contributed by atoms with van der Waals surface area (Å²) in [6.07, 6.45) is 0. The molecule has 0 N–H and O–H groups in total. The second kappa shape index (κ2) is 12.5. The van der Waals surface area contributed by atoms with Gasteiger partial charge in [-0.15, -0.1) is 45.3 Å². The summed E-state index contributed by atoms with van der Waals surface area (Å²) in [5, 5.41) is 5.48. The van der Waals surface area contributed by atoms with Gasteiger partial charge in [0.25, 0.3) is 0 Å². The molecule has 0 aliphatic carbocycles. The molecule has 5 heteroatoms. The molecule has 0 saturated carbocycles. The number of hydrogen-bond acceptors (Lipinski definition) is 0. The van der Waals surface area contributed by atoms with Gasteiger partial charge < -0.3 is 29.8 Å². The first-order chi connectivity index (χ1) is 13.1. The zero-order chi connectivity index (χ0) is 22.2. The van der Waals surface area contributed by atoms with Crippen LogP contribution in [0.15, 0.2) is 42.5 Å². The van der Waals surface area contributed by atoms with Crippen molar-refractivity contribution in [2.45, 2.75) is 91.8 Å². The van der Waals surface area contributed by atoms with Gasteiger partial charge in [-0.1, -0.05) is 120 Å². The van der Waals surface area contributed by atoms with Gasteiger partial charge in [-0.05, 0) is 10.8 Å². The van der Waals surface area contributed by atoms with Crippen molar-refractivity contribution in [1.29, 1.82) is 0 Å². The second-order valence-corrected chi connectivity index (χ2v) is 14.1. The van der Waals surface area contributed by atoms with E-state index in [0.29, 0.717) is 0 Å². The molecule has 0 aliphatic rings. The minimum absolute atomic E-state index is 0. The maximum absolute atomic E-state index is 4.55. The van der Waals surface area contributed by atoms with Crippen molar-refractivity contribution >= 4 is 30.5 Å². The van der Waals surface area contributed by atoms with E-state index in [9.17, 15) is 0 Å². The van der Waals surface area contributed by atoms with Crippen LogP contribution in [0.3, 0.4) is 0 Å². The van der Waals surface area contributed by atoms with Gasteiger partial charge in [-0.3, -0.25) is 0 Å². The van der Waals surface area contributed by atoms with E-state index >= 15 is 0 Å². The molecule has 0 heterocycles. The molecule has 0 fully saturated rings. The Bertz CT molecular complexity index is 905. The third-order valence-electron chi connectivity index (χ3n) is 5.08. The van der Waals surface area contributed by atoms with Crippen LogP contribution in [-0.2, 0) is 32.5 Å². The fraction of sp³-hybridized carbons (Fsp3) is 0.519. The van der Waals surface area contributed by atoms with Gasteiger partial charge in [0.1, 0.15) is 0 Å². The quantitative estimate of drug-likeness (QED) is 0.342. The molecule has 32 heavy (non-hydrogen) atoms. The van der Waals surface area contributed by atoms with Crippen molar-refractivity contribution in [1.82, 2.24) is 0 Å². The van der Waals surface area contributed by atoms with Crippen LogP contribution in [0.2, 0.25) is 13.1 Å². The van der Waals surface area contributed by atoms with Crippen molar-refractivity contribution in [3.63, 3.8) is 0 Å². The molecule has 0 bridgehead atoms. The summed E-state index contributed by atoms with van der Waals surface area (Å²) in [5.74, 6) is 0. The van der Waals surface area contributed by atoms with Gasteiger partial charge in [0.2, 0.25) is 0 Å². The van der Waals surface area contributed by atoms with Crippen LogP contribution in [0.25, 0.3) is 26.5 Å². The Kier molecular flexibility index (Phi) is 13.2. The molecule has 176 valence electrons. The third-order valence-corrected chi connectivity index (χ3v) is 6.37. The number of rotatable bonds is 1. The average Bonchev–Trinajstić information content (AvgIpc) is 2.88. The van der Waals surface area contributed by atoms with E-state index in [-0.39, 0.29) is 62.9 Å². The molecular weight excluding hydrogens is 485 g/mol. The Labute approximate surface area is 226 Å². The van der Waals surface area contributed by atoms with Crippen molar-refractivity contribution in [2.24, 2.45) is 0 Å². The fourth-order valence-corrected chi connectivity index (χ4v) is 5.28. The maximum Gasteiger partial charge on any atom is 4.00 e. The van der Waals surface area contributed by atoms with E-state index in [1.807, 2.05) is 0 Å². The molecule has 1 nitrogen and oxygen atoms in total. The molecule has 0 saturated heterocycles. The van der Waals surface area contributed by atoms with Gasteiger partial charge in [0.05, 0.1) is 0 Å². The molecule has 0 unspecified atom stereocenters. The standard InChI is InChI=1S/C21H25.C6H16NSi.2ClH.Ti/c1-20(2,3)16-7-9-18-14(12-16)11-15-13-17(21(4,5)6)8-10-19(15)18;1-6(2,3)7-8(4)5;;;/h7-13H,1-6H3;8H,1-5H3;2*1H;/q2*-1;;;+4/p-2. The van der Waals surface area contributed by atoms with Gasteiger partial charge >= 0.3 is 21.7 Å². The van der Waals surface area contributed by atoms with Crippen LogP contribution in [0.5, 0.6) is 0 Å². The first-order valence-corrected chi connectivity index (χ1v) is 13.8. The Morgan fingerprint density at radius 1 is 0.656 bits per heavy atom. The zero-order valence-corrected chi connectivity index (χ0v) is 26.1. The number of hydrogen-bond donors (Lipinski definition) is 0. The third kappa shape index (κ3) is 9.57. The van der Waals surface area contributed by atoms with Gasteiger partial charge in [0.15, 0.2) is 0 Å². The summed E-state index contributed by atoms with van der Waals surface area (Å²) < 4.78 is 0. The molecule has 0 spiro atoms. The molecule has 3 rings (SSSR count). The predicted molar refractivity (Wildman–Crippen MR) is 136 cm³/mol. The predicted octanol–water partition coefficient (Wildman–Crippen LogP) is 2.45. The van der Waals surface area contributed by atoms with Gasteiger partial charge in [0, 0.05) is 0 Å². The maximum atomic E-state index is 4.55. The summed E-state index contributed by atoms with van der Waals surface area (Å²) in [6, 6.07) is 16.2. The van der Waals surface area contributed by atoms with E-state index in [1.54, 1.807) is 0 Å². The molecule has 0 amide bonds. The Morgan fingerprint density at radius 3 is 1.22 bits per heavy atom. The van der Waals surface area contributed by atoms with Crippen LogP contribution in [0, 0.1) is 0 Å². The van der Waals surface area contributed by atoms with Gasteiger partial charge in [-0.2, -0.15) is 0 Å². The van der Waals surface area contributed by atoms with Crippen LogP contribution < -0.4 is 24.8 Å². The molecule has 0 radical (unpaired) electrons. The minimum Gasteiger partial charge on any atom is -1.00 e. The normalized spacial score (nSPS) is 11.9. The van der Waals surface area contributed by atoms with E-state index in [0.717, 1.165) is 0 Å². The Morgan fingerprint density at radius 2 is 1.00 bits per heavy atom. The number of halogens is 2. The fourth-order valence-electron chi connectivity index (χ4n) is 3.73. The van der Waals surface area contributed by atoms with Crippen LogP contribution in [-0.4, -0.2) is 14.5 Å². The van der Waals surface area contributed by atoms with E-state index in [4.69, 9.17) is 0 Å². The molecule has 3 aromatic rings. The summed E-state index contributed by atoms with van der Waals surface area (Å²) in [7, 11) is -0.671. The molecular formula is C27H41Cl2NSiTi. The number of nitrogens with zero attached hydrogens (tertiary/aromatic N) is 1. The summed E-state index contributed by atoms with van der Waals surface area (Å²) in [5.41, 5.74) is 3.42. The number of benzene rings is 2. The molecule has 0 atom stereocenters. The van der Waals surface area contributed by atoms with Crippen molar-refractivity contribution in [3.8, 4) is 0 Å². The summed E-state index contributed by atoms with van der Waals surface area (Å²) in [4.78, 5) is 4.55. The van der Waals surface area contributed by atoms with E-state index < -0.39 is 8.96 Å². The van der Waals surface area contributed by atoms with Gasteiger partial charge in [-0.25, -0.2) is 0 Å². The Hall–Kier alpha value is -0.219. The Balaban J connectivity index is 0. The first-order valence-electron chi connectivity index (χ1n) is 10.9. The summed E-state index contributed by atoms with van der Waals surface area (Å²) >= 11 is 0. The largest absolute Gasteiger partial charge is 4.00 e. The molecule has 0 aromatic heterocycles. The van der Waals surface area contributed by atoms with Crippen LogP contribution in [0.4, 0.5) is 0 Å². The molecule has 3 aromatic carbocycles. The zero-order valence-electron chi connectivity index (χ0n) is 21.8. The van der Waals surface area contributed by atoms with Crippen molar-refractivity contribution in [3.05, 3.63) is 58.6 Å². The number of fused-ring (bicyclic) bond motifs is 3. The van der Waals surface area contributed by atoms with Crippen LogP contribution >= 0.6 is 0 Å².